The molecule has 3 aliphatic carbocycles. The molecule has 1 aromatic carbocycles. The number of Topliss-reactive ketones (excluding diaryl/α,β-unsaturated/α-hetero) is 1. The van der Waals surface area contributed by atoms with Crippen molar-refractivity contribution in [3.05, 3.63) is 42.4 Å². The maximum absolute atomic E-state index is 13.4. The topological polar surface area (TPSA) is 17.1 Å². The van der Waals surface area contributed by atoms with Crippen molar-refractivity contribution < 1.29 is 4.79 Å². The molecule has 23 heavy (non-hydrogen) atoms. The third-order valence-corrected chi connectivity index (χ3v) is 8.40. The highest BCUT2D eigenvalue weighted by molar-refractivity contribution is 6.52. The van der Waals surface area contributed by atoms with Gasteiger partial charge in [0.25, 0.3) is 0 Å². The number of fused-ring (bicyclic) bond motifs is 1. The summed E-state index contributed by atoms with van der Waals surface area (Å²) in [4.78, 5) is 13.4. The first-order valence-corrected chi connectivity index (χ1v) is 8.97. The molecule has 0 saturated heterocycles. The van der Waals surface area contributed by atoms with Crippen LogP contribution in [-0.2, 0) is 15.6 Å². The van der Waals surface area contributed by atoms with Crippen LogP contribution in [0.15, 0.2) is 11.1 Å². The van der Waals surface area contributed by atoms with E-state index in [2.05, 4.69) is 6.92 Å². The number of hydrogen-bond acceptors (Lipinski definition) is 1. The number of benzene rings is 1. The molecule has 0 N–H and O–H groups in total. The molecule has 0 spiro atoms. The van der Waals surface area contributed by atoms with Crippen LogP contribution in [0.2, 0.25) is 20.1 Å². The highest BCUT2D eigenvalue weighted by Crippen LogP contribution is 2.67. The molecule has 4 rings (SSSR count). The van der Waals surface area contributed by atoms with Crippen LogP contribution in [0.1, 0.15) is 52.7 Å². The van der Waals surface area contributed by atoms with Crippen molar-refractivity contribution in [3.8, 4) is 0 Å². The fraction of sp³-hybridized carbons (Fsp3) is 0.500. The second kappa shape index (κ2) is 4.69. The molecule has 124 valence electrons. The Labute approximate surface area is 156 Å². The quantitative estimate of drug-likeness (QED) is 0.270. The molecule has 0 fully saturated rings. The Morgan fingerprint density at radius 1 is 0.696 bits per heavy atom. The summed E-state index contributed by atoms with van der Waals surface area (Å²) in [6, 6.07) is 0. The average Bonchev–Trinajstić information content (AvgIpc) is 2.49. The smallest absolute Gasteiger partial charge is 0.154 e. The molecule has 0 unspecified atom stereocenters. The molecular formula is C18H18Cl4O. The molecule has 0 amide bonds. The molecule has 0 radical (unpaired) electrons. The normalized spacial score (nSPS) is 31.7. The fourth-order valence-electron chi connectivity index (χ4n) is 4.61. The Hall–Kier alpha value is -0.210. The second-order valence-corrected chi connectivity index (χ2v) is 8.97. The summed E-state index contributed by atoms with van der Waals surface area (Å²) in [6.45, 7) is 12.0. The summed E-state index contributed by atoms with van der Waals surface area (Å²) in [6.07, 6.45) is 0. The summed E-state index contributed by atoms with van der Waals surface area (Å²) in [5, 5.41) is 1.20. The molecule has 3 aliphatic rings. The monoisotopic (exact) mass is 390 g/mol. The highest BCUT2D eigenvalue weighted by Gasteiger charge is 2.66. The Bertz CT molecular complexity index is 821. The summed E-state index contributed by atoms with van der Waals surface area (Å²) in [7, 11) is 0. The lowest BCUT2D eigenvalue weighted by Crippen LogP contribution is -2.63. The summed E-state index contributed by atoms with van der Waals surface area (Å²) in [5.41, 5.74) is 1.69. The van der Waals surface area contributed by atoms with Gasteiger partial charge in [0.15, 0.2) is 5.78 Å². The minimum absolute atomic E-state index is 0.138. The lowest BCUT2D eigenvalue weighted by Gasteiger charge is -2.60. The first-order chi connectivity index (χ1) is 10.4. The van der Waals surface area contributed by atoms with E-state index in [1.807, 2.05) is 34.6 Å². The van der Waals surface area contributed by atoms with Crippen LogP contribution in [0.25, 0.3) is 0 Å². The van der Waals surface area contributed by atoms with Gasteiger partial charge in [-0.3, -0.25) is 4.79 Å². The van der Waals surface area contributed by atoms with Crippen LogP contribution in [0.3, 0.4) is 0 Å². The third-order valence-electron chi connectivity index (χ3n) is 6.60. The first kappa shape index (κ1) is 17.6. The van der Waals surface area contributed by atoms with Gasteiger partial charge in [0, 0.05) is 10.8 Å². The average molecular weight is 392 g/mol. The van der Waals surface area contributed by atoms with Gasteiger partial charge in [0.2, 0.25) is 0 Å². The SMILES string of the molecule is CC1=C(C)[C@@]2(C)c3c(Cl)c(Cl)c(Cl)c(Cl)c3[C@@]1(C)C(=O)C2(C)C. The van der Waals surface area contributed by atoms with Gasteiger partial charge in [-0.1, -0.05) is 78.3 Å². The van der Waals surface area contributed by atoms with Crippen molar-refractivity contribution in [2.75, 3.05) is 0 Å². The maximum Gasteiger partial charge on any atom is 0.154 e. The van der Waals surface area contributed by atoms with Crippen molar-refractivity contribution in [2.45, 2.75) is 52.4 Å². The van der Waals surface area contributed by atoms with E-state index in [1.165, 1.54) is 0 Å². The number of ketones is 1. The number of hydrogen-bond donors (Lipinski definition) is 0. The second-order valence-electron chi connectivity index (χ2n) is 7.46. The van der Waals surface area contributed by atoms with Crippen molar-refractivity contribution in [1.29, 1.82) is 0 Å². The third kappa shape index (κ3) is 1.61. The molecule has 1 nitrogen and oxygen atoms in total. The van der Waals surface area contributed by atoms with Gasteiger partial charge < -0.3 is 0 Å². The van der Waals surface area contributed by atoms with Gasteiger partial charge in [-0.05, 0) is 31.9 Å². The van der Waals surface area contributed by atoms with E-state index in [9.17, 15) is 4.79 Å². The summed E-state index contributed by atoms with van der Waals surface area (Å²) >= 11 is 25.8. The predicted octanol–water partition coefficient (Wildman–Crippen LogP) is 6.77. The van der Waals surface area contributed by atoms with Gasteiger partial charge >= 0.3 is 0 Å². The molecule has 0 heterocycles. The zero-order valence-corrected chi connectivity index (χ0v) is 16.9. The van der Waals surface area contributed by atoms with E-state index < -0.39 is 16.2 Å². The molecule has 2 bridgehead atoms. The molecule has 1 aromatic rings. The van der Waals surface area contributed by atoms with E-state index in [1.54, 1.807) is 0 Å². The van der Waals surface area contributed by atoms with Crippen LogP contribution in [-0.4, -0.2) is 5.78 Å². The van der Waals surface area contributed by atoms with Crippen LogP contribution in [0.4, 0.5) is 0 Å². The van der Waals surface area contributed by atoms with Gasteiger partial charge in [0.1, 0.15) is 0 Å². The maximum atomic E-state index is 13.4. The molecule has 2 atom stereocenters. The van der Waals surface area contributed by atoms with Crippen LogP contribution >= 0.6 is 46.4 Å². The number of halogens is 4. The van der Waals surface area contributed by atoms with Gasteiger partial charge in [-0.15, -0.1) is 0 Å². The Morgan fingerprint density at radius 2 is 1.13 bits per heavy atom. The van der Waals surface area contributed by atoms with Gasteiger partial charge in [0.05, 0.1) is 25.5 Å². The summed E-state index contributed by atoms with van der Waals surface area (Å²) in [5.74, 6) is 0.138. The standard InChI is InChI=1S/C18H18Cl4O/c1-7-8(2)18(6)10-9(11(19)13(21)14(22)12(10)20)17(7,5)15(23)16(18,3)4/h1-6H3/t17-,18-/m0/s1. The molecule has 0 aromatic heterocycles. The Morgan fingerprint density at radius 3 is 1.61 bits per heavy atom. The minimum Gasteiger partial charge on any atom is -0.298 e. The van der Waals surface area contributed by atoms with Crippen LogP contribution < -0.4 is 0 Å². The highest BCUT2D eigenvalue weighted by atomic mass is 35.5. The van der Waals surface area contributed by atoms with E-state index in [0.29, 0.717) is 15.6 Å². The minimum atomic E-state index is -0.838. The summed E-state index contributed by atoms with van der Waals surface area (Å²) < 4.78 is 0. The van der Waals surface area contributed by atoms with Crippen molar-refractivity contribution in [2.24, 2.45) is 5.41 Å². The van der Waals surface area contributed by atoms with Crippen molar-refractivity contribution >= 4 is 52.2 Å². The van der Waals surface area contributed by atoms with Crippen LogP contribution in [0, 0.1) is 5.41 Å². The van der Waals surface area contributed by atoms with Crippen LogP contribution in [0.5, 0.6) is 0 Å². The first-order valence-electron chi connectivity index (χ1n) is 7.46. The number of carbonyl (C=O) groups is 1. The Kier molecular flexibility index (Phi) is 3.59. The fourth-order valence-corrected chi connectivity index (χ4v) is 5.84. The van der Waals surface area contributed by atoms with Gasteiger partial charge in [-0.2, -0.15) is 0 Å². The number of rotatable bonds is 0. The van der Waals surface area contributed by atoms with E-state index in [0.717, 1.165) is 16.7 Å². The van der Waals surface area contributed by atoms with Gasteiger partial charge in [-0.25, -0.2) is 0 Å². The van der Waals surface area contributed by atoms with Crippen molar-refractivity contribution in [3.63, 3.8) is 0 Å². The molecule has 0 aliphatic heterocycles. The van der Waals surface area contributed by atoms with Crippen molar-refractivity contribution in [1.82, 2.24) is 0 Å². The molecule has 5 heteroatoms. The zero-order chi connectivity index (χ0) is 17.7. The zero-order valence-electron chi connectivity index (χ0n) is 13.9. The Balaban J connectivity index is 2.66. The number of carbonyl (C=O) groups excluding carboxylic acids is 1. The number of allylic oxidation sites excluding steroid dienone is 2. The van der Waals surface area contributed by atoms with E-state index in [-0.39, 0.29) is 15.8 Å². The van der Waals surface area contributed by atoms with E-state index >= 15 is 0 Å². The lowest BCUT2D eigenvalue weighted by molar-refractivity contribution is -0.137. The lowest BCUT2D eigenvalue weighted by atomic mass is 9.41. The largest absolute Gasteiger partial charge is 0.298 e. The molecule has 0 saturated carbocycles. The predicted molar refractivity (Wildman–Crippen MR) is 98.3 cm³/mol. The molecular weight excluding hydrogens is 374 g/mol. The van der Waals surface area contributed by atoms with E-state index in [4.69, 9.17) is 46.4 Å².